The third kappa shape index (κ3) is 3.77. The number of rotatable bonds is 7. The summed E-state index contributed by atoms with van der Waals surface area (Å²) in [7, 11) is 1.59. The highest BCUT2D eigenvalue weighted by molar-refractivity contribution is 5.98. The molecule has 1 heterocycles. The van der Waals surface area contributed by atoms with Gasteiger partial charge in [0.1, 0.15) is 5.75 Å². The predicted molar refractivity (Wildman–Crippen MR) is 116 cm³/mol. The lowest BCUT2D eigenvalue weighted by Crippen LogP contribution is -2.49. The van der Waals surface area contributed by atoms with Crippen molar-refractivity contribution in [3.63, 3.8) is 0 Å². The summed E-state index contributed by atoms with van der Waals surface area (Å²) in [6, 6.07) is 7.12. The van der Waals surface area contributed by atoms with Gasteiger partial charge in [0.15, 0.2) is 5.78 Å². The number of aromatic nitrogens is 2. The molecule has 0 unspecified atom stereocenters. The van der Waals surface area contributed by atoms with Gasteiger partial charge in [-0.15, -0.1) is 0 Å². The summed E-state index contributed by atoms with van der Waals surface area (Å²) in [5.74, 6) is 3.02. The first-order valence-electron chi connectivity index (χ1n) is 11.0. The number of benzene rings is 1. The van der Waals surface area contributed by atoms with Crippen LogP contribution in [-0.2, 0) is 11.3 Å². The predicted octanol–water partition coefficient (Wildman–Crippen LogP) is 4.65. The van der Waals surface area contributed by atoms with Gasteiger partial charge in [0.25, 0.3) is 0 Å². The maximum atomic E-state index is 13.2. The number of methoxy groups -OCH3 is 1. The molecule has 4 fully saturated rings. The largest absolute Gasteiger partial charge is 0.496 e. The Balaban J connectivity index is 1.34. The first-order valence-corrected chi connectivity index (χ1v) is 11.0. The quantitative estimate of drug-likeness (QED) is 0.369. The second-order valence-electron chi connectivity index (χ2n) is 9.60. The number of nitro groups is 1. The van der Waals surface area contributed by atoms with E-state index in [9.17, 15) is 14.9 Å². The fourth-order valence-corrected chi connectivity index (χ4v) is 6.50. The Morgan fingerprint density at radius 1 is 1.23 bits per heavy atom. The zero-order valence-electron chi connectivity index (χ0n) is 17.7. The lowest BCUT2D eigenvalue weighted by Gasteiger charge is -2.55. The van der Waals surface area contributed by atoms with Crippen LogP contribution in [0.4, 0.5) is 5.82 Å². The molecule has 0 amide bonds. The van der Waals surface area contributed by atoms with Crippen molar-refractivity contribution >= 4 is 17.7 Å². The molecule has 31 heavy (non-hydrogen) atoms. The Morgan fingerprint density at radius 2 is 1.90 bits per heavy atom. The molecule has 1 aromatic heterocycles. The molecule has 7 nitrogen and oxygen atoms in total. The number of carbonyl (C=O) groups excluding carboxylic acids is 1. The molecule has 6 rings (SSSR count). The summed E-state index contributed by atoms with van der Waals surface area (Å²) >= 11 is 0. The minimum absolute atomic E-state index is 0.130. The molecule has 7 heteroatoms. The van der Waals surface area contributed by atoms with E-state index in [-0.39, 0.29) is 17.0 Å². The highest BCUT2D eigenvalue weighted by Crippen LogP contribution is 2.60. The normalized spacial score (nSPS) is 28.9. The van der Waals surface area contributed by atoms with Gasteiger partial charge in [0, 0.05) is 11.0 Å². The van der Waals surface area contributed by atoms with Crippen LogP contribution in [0.2, 0.25) is 0 Å². The maximum Gasteiger partial charge on any atom is 0.389 e. The Morgan fingerprint density at radius 3 is 2.48 bits per heavy atom. The van der Waals surface area contributed by atoms with Crippen LogP contribution in [-0.4, -0.2) is 27.6 Å². The Kier molecular flexibility index (Phi) is 4.91. The summed E-state index contributed by atoms with van der Waals surface area (Å²) < 4.78 is 6.97. The van der Waals surface area contributed by atoms with E-state index in [0.717, 1.165) is 48.1 Å². The standard InChI is InChI=1S/C24H27N3O4/c1-31-21-4-2-16(11-20(21)15-26-7-6-23(25-26)27(29)30)3-5-22(28)24-12-17-8-18(13-24)10-19(9-17)14-24/h2-7,11,17-19H,8-10,12-15H2,1H3/b5-3+. The summed E-state index contributed by atoms with van der Waals surface area (Å²) in [6.45, 7) is 0.349. The van der Waals surface area contributed by atoms with E-state index in [2.05, 4.69) is 5.10 Å². The van der Waals surface area contributed by atoms with Gasteiger partial charge in [0.05, 0.1) is 31.0 Å². The van der Waals surface area contributed by atoms with Crippen molar-refractivity contribution < 1.29 is 14.5 Å². The molecule has 4 saturated carbocycles. The van der Waals surface area contributed by atoms with Crippen molar-refractivity contribution in [2.75, 3.05) is 7.11 Å². The number of ketones is 1. The van der Waals surface area contributed by atoms with Crippen LogP contribution in [0.1, 0.15) is 49.7 Å². The molecule has 2 aromatic rings. The van der Waals surface area contributed by atoms with Gasteiger partial charge in [-0.25, -0.2) is 0 Å². The molecule has 0 N–H and O–H groups in total. The van der Waals surface area contributed by atoms with E-state index in [1.54, 1.807) is 19.4 Å². The van der Waals surface area contributed by atoms with Gasteiger partial charge in [-0.05, 0) is 85.0 Å². The van der Waals surface area contributed by atoms with Crippen molar-refractivity contribution in [2.24, 2.45) is 23.2 Å². The molecule has 4 aliphatic carbocycles. The number of nitrogens with zero attached hydrogens (tertiary/aromatic N) is 3. The van der Waals surface area contributed by atoms with Gasteiger partial charge in [0.2, 0.25) is 0 Å². The van der Waals surface area contributed by atoms with Gasteiger partial charge in [-0.1, -0.05) is 12.1 Å². The van der Waals surface area contributed by atoms with Crippen molar-refractivity contribution in [1.82, 2.24) is 9.78 Å². The molecule has 162 valence electrons. The molecule has 0 radical (unpaired) electrons. The van der Waals surface area contributed by atoms with E-state index in [1.807, 2.05) is 24.3 Å². The molecule has 0 spiro atoms. The lowest BCUT2D eigenvalue weighted by molar-refractivity contribution is -0.389. The average Bonchev–Trinajstić information content (AvgIpc) is 3.20. The van der Waals surface area contributed by atoms with Crippen molar-refractivity contribution in [2.45, 2.75) is 45.1 Å². The van der Waals surface area contributed by atoms with Crippen LogP contribution in [0.3, 0.4) is 0 Å². The molecular weight excluding hydrogens is 394 g/mol. The minimum atomic E-state index is -0.511. The van der Waals surface area contributed by atoms with E-state index < -0.39 is 4.92 Å². The zero-order valence-corrected chi connectivity index (χ0v) is 17.7. The van der Waals surface area contributed by atoms with Crippen molar-refractivity contribution in [3.05, 3.63) is 57.8 Å². The lowest BCUT2D eigenvalue weighted by atomic mass is 9.48. The van der Waals surface area contributed by atoms with Crippen molar-refractivity contribution in [1.29, 1.82) is 0 Å². The number of hydrogen-bond donors (Lipinski definition) is 0. The van der Waals surface area contributed by atoms with Crippen LogP contribution in [0.25, 0.3) is 6.08 Å². The summed E-state index contributed by atoms with van der Waals surface area (Å²) in [5, 5.41) is 14.9. The fraction of sp³-hybridized carbons (Fsp3) is 0.500. The molecule has 0 atom stereocenters. The zero-order chi connectivity index (χ0) is 21.6. The topological polar surface area (TPSA) is 87.3 Å². The van der Waals surface area contributed by atoms with Crippen LogP contribution < -0.4 is 4.74 Å². The summed E-state index contributed by atoms with van der Waals surface area (Å²) in [5.41, 5.74) is 1.63. The van der Waals surface area contributed by atoms with E-state index >= 15 is 0 Å². The molecule has 0 saturated heterocycles. The molecule has 0 aliphatic heterocycles. The van der Waals surface area contributed by atoms with Crippen LogP contribution >= 0.6 is 0 Å². The number of allylic oxidation sites excluding steroid dienone is 1. The molecule has 4 bridgehead atoms. The Labute approximate surface area is 181 Å². The third-order valence-corrected chi connectivity index (χ3v) is 7.44. The van der Waals surface area contributed by atoms with Crippen LogP contribution in [0.15, 0.2) is 36.5 Å². The van der Waals surface area contributed by atoms with E-state index in [0.29, 0.717) is 12.3 Å². The first-order chi connectivity index (χ1) is 14.9. The van der Waals surface area contributed by atoms with E-state index in [4.69, 9.17) is 4.74 Å². The number of carbonyl (C=O) groups is 1. The summed E-state index contributed by atoms with van der Waals surface area (Å²) in [6.07, 6.45) is 12.4. The second-order valence-corrected chi connectivity index (χ2v) is 9.60. The highest BCUT2D eigenvalue weighted by Gasteiger charge is 2.53. The third-order valence-electron chi connectivity index (χ3n) is 7.44. The highest BCUT2D eigenvalue weighted by atomic mass is 16.6. The van der Waals surface area contributed by atoms with Gasteiger partial charge in [-0.2, -0.15) is 4.68 Å². The van der Waals surface area contributed by atoms with Crippen LogP contribution in [0, 0.1) is 33.3 Å². The maximum absolute atomic E-state index is 13.2. The van der Waals surface area contributed by atoms with Gasteiger partial charge >= 0.3 is 5.82 Å². The molecule has 4 aliphatic rings. The smallest absolute Gasteiger partial charge is 0.389 e. The fourth-order valence-electron chi connectivity index (χ4n) is 6.50. The van der Waals surface area contributed by atoms with Crippen molar-refractivity contribution in [3.8, 4) is 5.75 Å². The van der Waals surface area contributed by atoms with Crippen LogP contribution in [0.5, 0.6) is 5.75 Å². The summed E-state index contributed by atoms with van der Waals surface area (Å²) in [4.78, 5) is 23.6. The average molecular weight is 421 g/mol. The second kappa shape index (κ2) is 7.62. The molecular formula is C24H27N3O4. The minimum Gasteiger partial charge on any atom is -0.496 e. The SMILES string of the molecule is COc1ccc(/C=C/C(=O)C23CC4CC(CC(C4)C2)C3)cc1Cn1ccc([N+](=O)[O-])n1. The molecule has 1 aromatic carbocycles. The van der Waals surface area contributed by atoms with E-state index in [1.165, 1.54) is 30.0 Å². The monoisotopic (exact) mass is 421 g/mol. The number of ether oxygens (including phenoxy) is 1. The number of hydrogen-bond acceptors (Lipinski definition) is 5. The van der Waals surface area contributed by atoms with Gasteiger partial charge in [-0.3, -0.25) is 4.79 Å². The first kappa shape index (κ1) is 20.0. The Bertz CT molecular complexity index is 1020. The van der Waals surface area contributed by atoms with Gasteiger partial charge < -0.3 is 14.9 Å². The Hall–Kier alpha value is -2.96.